The Hall–Kier alpha value is -4.57. The summed E-state index contributed by atoms with van der Waals surface area (Å²) in [7, 11) is 0. The number of para-hydroxylation sites is 1. The van der Waals surface area contributed by atoms with E-state index in [-0.39, 0.29) is 17.1 Å². The van der Waals surface area contributed by atoms with E-state index in [9.17, 15) is 19.2 Å². The number of rotatable bonds is 10. The molecule has 0 aromatic heterocycles. The molecule has 4 rings (SSSR count). The zero-order valence-electron chi connectivity index (χ0n) is 20.4. The SMILES string of the molecule is CCOc1ccc(NC(=O)CN2C(=O)S/C(=C\c3ccccc3OCc3ccc(C(=O)O)cc3)C2=O)cc1. The quantitative estimate of drug-likeness (QED) is 0.349. The van der Waals surface area contributed by atoms with Crippen LogP contribution in [0.2, 0.25) is 0 Å². The molecule has 0 aliphatic carbocycles. The molecule has 0 unspecified atom stereocenters. The van der Waals surface area contributed by atoms with Crippen LogP contribution in [-0.2, 0) is 16.2 Å². The summed E-state index contributed by atoms with van der Waals surface area (Å²) in [6.45, 7) is 2.16. The molecule has 10 heteroatoms. The second-order valence-corrected chi connectivity index (χ2v) is 9.10. The van der Waals surface area contributed by atoms with Gasteiger partial charge in [-0.1, -0.05) is 30.3 Å². The van der Waals surface area contributed by atoms with Gasteiger partial charge < -0.3 is 19.9 Å². The molecule has 1 heterocycles. The van der Waals surface area contributed by atoms with Gasteiger partial charge in [0.25, 0.3) is 11.1 Å². The van der Waals surface area contributed by atoms with E-state index >= 15 is 0 Å². The Kier molecular flexibility index (Phi) is 8.44. The molecule has 3 aromatic rings. The number of nitrogens with one attached hydrogen (secondary N) is 1. The molecule has 0 saturated carbocycles. The number of carbonyl (C=O) groups excluding carboxylic acids is 3. The van der Waals surface area contributed by atoms with Crippen LogP contribution in [0.1, 0.15) is 28.4 Å². The molecule has 0 atom stereocenters. The van der Waals surface area contributed by atoms with Gasteiger partial charge in [0.05, 0.1) is 17.1 Å². The number of aromatic carboxylic acids is 1. The van der Waals surface area contributed by atoms with Gasteiger partial charge in [-0.3, -0.25) is 19.3 Å². The molecule has 1 aliphatic heterocycles. The predicted octanol–water partition coefficient (Wildman–Crippen LogP) is 5.04. The summed E-state index contributed by atoms with van der Waals surface area (Å²) in [5.41, 5.74) is 2.05. The van der Waals surface area contributed by atoms with Crippen molar-refractivity contribution in [3.05, 3.63) is 94.4 Å². The minimum atomic E-state index is -1.01. The van der Waals surface area contributed by atoms with Crippen LogP contribution in [0, 0.1) is 0 Å². The molecule has 9 nitrogen and oxygen atoms in total. The summed E-state index contributed by atoms with van der Waals surface area (Å²) in [6, 6.07) is 20.1. The van der Waals surface area contributed by atoms with Gasteiger partial charge in [-0.15, -0.1) is 0 Å². The van der Waals surface area contributed by atoms with E-state index in [1.165, 1.54) is 12.1 Å². The Labute approximate surface area is 223 Å². The summed E-state index contributed by atoms with van der Waals surface area (Å²) in [5, 5.41) is 11.2. The van der Waals surface area contributed by atoms with Crippen molar-refractivity contribution in [3.8, 4) is 11.5 Å². The first-order valence-electron chi connectivity index (χ1n) is 11.7. The maximum Gasteiger partial charge on any atom is 0.335 e. The molecule has 1 saturated heterocycles. The fourth-order valence-electron chi connectivity index (χ4n) is 3.56. The highest BCUT2D eigenvalue weighted by Crippen LogP contribution is 2.34. The number of imide groups is 1. The van der Waals surface area contributed by atoms with Crippen LogP contribution in [0.25, 0.3) is 6.08 Å². The van der Waals surface area contributed by atoms with Crippen molar-refractivity contribution in [3.63, 3.8) is 0 Å². The molecule has 194 valence electrons. The normalized spacial score (nSPS) is 14.0. The van der Waals surface area contributed by atoms with Crippen LogP contribution in [0.4, 0.5) is 10.5 Å². The summed E-state index contributed by atoms with van der Waals surface area (Å²) >= 11 is 0.751. The highest BCUT2D eigenvalue weighted by Gasteiger charge is 2.36. The highest BCUT2D eigenvalue weighted by atomic mass is 32.2. The van der Waals surface area contributed by atoms with E-state index in [4.69, 9.17) is 14.6 Å². The molecule has 3 aromatic carbocycles. The molecule has 2 N–H and O–H groups in total. The van der Waals surface area contributed by atoms with Crippen LogP contribution in [-0.4, -0.2) is 46.2 Å². The van der Waals surface area contributed by atoms with Gasteiger partial charge in [-0.25, -0.2) is 4.79 Å². The topological polar surface area (TPSA) is 122 Å². The Morgan fingerprint density at radius 2 is 1.68 bits per heavy atom. The van der Waals surface area contributed by atoms with E-state index in [1.54, 1.807) is 66.7 Å². The lowest BCUT2D eigenvalue weighted by Gasteiger charge is -2.13. The van der Waals surface area contributed by atoms with E-state index in [1.807, 2.05) is 6.92 Å². The van der Waals surface area contributed by atoms with Gasteiger partial charge in [0.2, 0.25) is 5.91 Å². The lowest BCUT2D eigenvalue weighted by Crippen LogP contribution is -2.36. The smallest absolute Gasteiger partial charge is 0.335 e. The molecule has 0 bridgehead atoms. The third-order valence-electron chi connectivity index (χ3n) is 5.43. The third-order valence-corrected chi connectivity index (χ3v) is 6.33. The monoisotopic (exact) mass is 532 g/mol. The van der Waals surface area contributed by atoms with Crippen LogP contribution in [0.15, 0.2) is 77.7 Å². The molecular weight excluding hydrogens is 508 g/mol. The fourth-order valence-corrected chi connectivity index (χ4v) is 4.39. The van der Waals surface area contributed by atoms with Gasteiger partial charge in [0.15, 0.2) is 0 Å². The average molecular weight is 533 g/mol. The van der Waals surface area contributed by atoms with Crippen molar-refractivity contribution >= 4 is 46.5 Å². The lowest BCUT2D eigenvalue weighted by atomic mass is 10.1. The van der Waals surface area contributed by atoms with Crippen molar-refractivity contribution in [2.24, 2.45) is 0 Å². The van der Waals surface area contributed by atoms with Crippen molar-refractivity contribution in [1.82, 2.24) is 4.90 Å². The molecule has 1 fully saturated rings. The minimum absolute atomic E-state index is 0.172. The first kappa shape index (κ1) is 26.5. The number of carboxylic acid groups (broad SMARTS) is 1. The number of nitrogens with zero attached hydrogens (tertiary/aromatic N) is 1. The maximum absolute atomic E-state index is 12.9. The number of thioether (sulfide) groups is 1. The van der Waals surface area contributed by atoms with Gasteiger partial charge in [0, 0.05) is 11.3 Å². The second-order valence-electron chi connectivity index (χ2n) is 8.10. The Balaban J connectivity index is 1.40. The van der Waals surface area contributed by atoms with Crippen LogP contribution in [0.5, 0.6) is 11.5 Å². The first-order chi connectivity index (χ1) is 18.3. The van der Waals surface area contributed by atoms with Crippen LogP contribution >= 0.6 is 11.8 Å². The molecule has 1 aliphatic rings. The number of amides is 3. The number of hydrogen-bond donors (Lipinski definition) is 2. The van der Waals surface area contributed by atoms with Gasteiger partial charge in [0.1, 0.15) is 24.7 Å². The van der Waals surface area contributed by atoms with E-state index in [0.717, 1.165) is 22.2 Å². The number of carbonyl (C=O) groups is 4. The fraction of sp³-hybridized carbons (Fsp3) is 0.143. The summed E-state index contributed by atoms with van der Waals surface area (Å²) in [5.74, 6) is -0.932. The number of ether oxygens (including phenoxy) is 2. The molecule has 0 spiro atoms. The van der Waals surface area contributed by atoms with Crippen LogP contribution < -0.4 is 14.8 Å². The molecule has 3 amide bonds. The van der Waals surface area contributed by atoms with Crippen LogP contribution in [0.3, 0.4) is 0 Å². The van der Waals surface area contributed by atoms with Crippen molar-refractivity contribution in [1.29, 1.82) is 0 Å². The van der Waals surface area contributed by atoms with E-state index in [2.05, 4.69) is 5.32 Å². The first-order valence-corrected chi connectivity index (χ1v) is 12.5. The predicted molar refractivity (Wildman–Crippen MR) is 143 cm³/mol. The van der Waals surface area contributed by atoms with Crippen molar-refractivity contribution < 1.29 is 33.8 Å². The van der Waals surface area contributed by atoms with Gasteiger partial charge >= 0.3 is 5.97 Å². The lowest BCUT2D eigenvalue weighted by molar-refractivity contribution is -0.127. The zero-order valence-corrected chi connectivity index (χ0v) is 21.2. The van der Waals surface area contributed by atoms with Gasteiger partial charge in [-0.2, -0.15) is 0 Å². The standard InChI is InChI=1S/C28H24N2O7S/c1-2-36-22-13-11-21(12-14-22)29-25(31)16-30-26(32)24(38-28(30)35)15-20-5-3-4-6-23(20)37-17-18-7-9-19(10-8-18)27(33)34/h3-15H,2,16-17H2,1H3,(H,29,31)(H,33,34)/b24-15-. The Morgan fingerprint density at radius 3 is 2.37 bits per heavy atom. The summed E-state index contributed by atoms with van der Waals surface area (Å²) < 4.78 is 11.3. The van der Waals surface area contributed by atoms with Gasteiger partial charge in [-0.05, 0) is 72.8 Å². The van der Waals surface area contributed by atoms with Crippen molar-refractivity contribution in [2.45, 2.75) is 13.5 Å². The van der Waals surface area contributed by atoms with Crippen molar-refractivity contribution in [2.75, 3.05) is 18.5 Å². The number of carboxylic acids is 1. The minimum Gasteiger partial charge on any atom is -0.494 e. The molecular formula is C28H24N2O7S. The largest absolute Gasteiger partial charge is 0.494 e. The summed E-state index contributed by atoms with van der Waals surface area (Å²) in [4.78, 5) is 50.0. The number of hydrogen-bond acceptors (Lipinski definition) is 7. The number of anilines is 1. The molecule has 0 radical (unpaired) electrons. The summed E-state index contributed by atoms with van der Waals surface area (Å²) in [6.07, 6.45) is 1.55. The zero-order chi connectivity index (χ0) is 27.1. The van der Waals surface area contributed by atoms with E-state index < -0.39 is 29.6 Å². The Bertz CT molecular complexity index is 1390. The maximum atomic E-state index is 12.9. The highest BCUT2D eigenvalue weighted by molar-refractivity contribution is 8.18. The third kappa shape index (κ3) is 6.60. The number of benzene rings is 3. The Morgan fingerprint density at radius 1 is 0.974 bits per heavy atom. The molecule has 38 heavy (non-hydrogen) atoms. The van der Waals surface area contributed by atoms with E-state index in [0.29, 0.717) is 29.4 Å². The second kappa shape index (κ2) is 12.1. The average Bonchev–Trinajstić information content (AvgIpc) is 3.17.